The third kappa shape index (κ3) is 6.41. The van der Waals surface area contributed by atoms with Crippen LogP contribution in [-0.4, -0.2) is 19.8 Å². The Kier molecular flexibility index (Phi) is 7.70. The number of anilines is 1. The van der Waals surface area contributed by atoms with Crippen molar-refractivity contribution < 1.29 is 18.3 Å². The van der Waals surface area contributed by atoms with Crippen LogP contribution in [-0.2, 0) is 0 Å². The van der Waals surface area contributed by atoms with Crippen LogP contribution in [0.5, 0.6) is 11.5 Å². The molecule has 0 amide bonds. The molecule has 0 radical (unpaired) electrons. The van der Waals surface area contributed by atoms with E-state index in [-0.39, 0.29) is 24.8 Å². The molecule has 0 aromatic heterocycles. The van der Waals surface area contributed by atoms with E-state index < -0.39 is 5.82 Å². The number of hydrogen-bond acceptors (Lipinski definition) is 4. The SMILES string of the molecule is CCN.Nc1ccc(OCCOc2cccc(F)c2)c(F)c1. The van der Waals surface area contributed by atoms with Crippen molar-refractivity contribution in [3.8, 4) is 11.5 Å². The molecule has 120 valence electrons. The highest BCUT2D eigenvalue weighted by Crippen LogP contribution is 2.19. The van der Waals surface area contributed by atoms with E-state index in [2.05, 4.69) is 0 Å². The molecule has 0 saturated carbocycles. The van der Waals surface area contributed by atoms with Gasteiger partial charge in [-0.05, 0) is 30.8 Å². The van der Waals surface area contributed by atoms with Gasteiger partial charge in [-0.15, -0.1) is 0 Å². The quantitative estimate of drug-likeness (QED) is 0.658. The third-order valence-corrected chi connectivity index (χ3v) is 2.36. The van der Waals surface area contributed by atoms with E-state index in [1.165, 1.54) is 24.3 Å². The van der Waals surface area contributed by atoms with Crippen LogP contribution in [0.3, 0.4) is 0 Å². The second-order valence-electron chi connectivity index (χ2n) is 4.25. The lowest BCUT2D eigenvalue weighted by molar-refractivity contribution is 0.211. The Balaban J connectivity index is 0.000000745. The second-order valence-corrected chi connectivity index (χ2v) is 4.25. The van der Waals surface area contributed by atoms with Crippen LogP contribution in [0.15, 0.2) is 42.5 Å². The number of benzene rings is 2. The summed E-state index contributed by atoms with van der Waals surface area (Å²) in [5, 5.41) is 0. The summed E-state index contributed by atoms with van der Waals surface area (Å²) in [5.41, 5.74) is 10.6. The van der Waals surface area contributed by atoms with Crippen LogP contribution >= 0.6 is 0 Å². The number of nitrogens with two attached hydrogens (primary N) is 2. The number of nitrogen functional groups attached to an aromatic ring is 1. The molecular weight excluding hydrogens is 290 g/mol. The van der Waals surface area contributed by atoms with Gasteiger partial charge in [-0.25, -0.2) is 8.78 Å². The molecule has 0 bridgehead atoms. The lowest BCUT2D eigenvalue weighted by Gasteiger charge is -2.09. The average Bonchev–Trinajstić information content (AvgIpc) is 2.46. The minimum Gasteiger partial charge on any atom is -0.490 e. The highest BCUT2D eigenvalue weighted by molar-refractivity contribution is 5.42. The van der Waals surface area contributed by atoms with Crippen molar-refractivity contribution in [2.75, 3.05) is 25.5 Å². The summed E-state index contributed by atoms with van der Waals surface area (Å²) in [4.78, 5) is 0. The molecule has 0 fully saturated rings. The van der Waals surface area contributed by atoms with E-state index in [0.29, 0.717) is 11.4 Å². The van der Waals surface area contributed by atoms with Crippen LogP contribution in [0.25, 0.3) is 0 Å². The molecule has 0 heterocycles. The van der Waals surface area contributed by atoms with Gasteiger partial charge in [0.1, 0.15) is 24.8 Å². The Morgan fingerprint density at radius 2 is 1.68 bits per heavy atom. The molecule has 4 N–H and O–H groups in total. The zero-order valence-corrected chi connectivity index (χ0v) is 12.4. The van der Waals surface area contributed by atoms with Crippen molar-refractivity contribution in [2.45, 2.75) is 6.92 Å². The van der Waals surface area contributed by atoms with Gasteiger partial charge in [0, 0.05) is 17.8 Å². The van der Waals surface area contributed by atoms with Gasteiger partial charge in [0.15, 0.2) is 11.6 Å². The highest BCUT2D eigenvalue weighted by atomic mass is 19.1. The molecule has 22 heavy (non-hydrogen) atoms. The van der Waals surface area contributed by atoms with E-state index in [0.717, 1.165) is 6.54 Å². The Hall–Kier alpha value is -2.34. The summed E-state index contributed by atoms with van der Waals surface area (Å²) in [6, 6.07) is 9.95. The van der Waals surface area contributed by atoms with E-state index in [1.807, 2.05) is 6.92 Å². The smallest absolute Gasteiger partial charge is 0.167 e. The summed E-state index contributed by atoms with van der Waals surface area (Å²) in [6.45, 7) is 2.99. The summed E-state index contributed by atoms with van der Waals surface area (Å²) >= 11 is 0. The van der Waals surface area contributed by atoms with Crippen LogP contribution in [0.2, 0.25) is 0 Å². The van der Waals surface area contributed by atoms with Crippen LogP contribution in [0.1, 0.15) is 6.92 Å². The fourth-order valence-electron chi connectivity index (χ4n) is 1.50. The zero-order valence-electron chi connectivity index (χ0n) is 12.4. The summed E-state index contributed by atoms with van der Waals surface area (Å²) in [7, 11) is 0. The van der Waals surface area contributed by atoms with Crippen LogP contribution in [0.4, 0.5) is 14.5 Å². The molecule has 0 spiro atoms. The number of ether oxygens (including phenoxy) is 2. The zero-order chi connectivity index (χ0) is 16.4. The number of hydrogen-bond donors (Lipinski definition) is 2. The molecule has 2 aromatic rings. The van der Waals surface area contributed by atoms with Crippen LogP contribution < -0.4 is 20.9 Å². The Morgan fingerprint density at radius 1 is 1.00 bits per heavy atom. The van der Waals surface area contributed by atoms with Gasteiger partial charge < -0.3 is 20.9 Å². The van der Waals surface area contributed by atoms with E-state index >= 15 is 0 Å². The maximum atomic E-state index is 13.4. The Bertz CT molecular complexity index is 580. The first kappa shape index (κ1) is 17.7. The Labute approximate surface area is 128 Å². The summed E-state index contributed by atoms with van der Waals surface area (Å²) in [5.74, 6) is -0.382. The third-order valence-electron chi connectivity index (χ3n) is 2.36. The fraction of sp³-hybridized carbons (Fsp3) is 0.250. The van der Waals surface area contributed by atoms with Gasteiger partial charge in [-0.2, -0.15) is 0 Å². The minimum atomic E-state index is -0.522. The maximum Gasteiger partial charge on any atom is 0.167 e. The molecule has 0 saturated heterocycles. The fourth-order valence-corrected chi connectivity index (χ4v) is 1.50. The topological polar surface area (TPSA) is 70.5 Å². The van der Waals surface area contributed by atoms with Crippen molar-refractivity contribution in [3.05, 3.63) is 54.1 Å². The lowest BCUT2D eigenvalue weighted by Crippen LogP contribution is -2.09. The van der Waals surface area contributed by atoms with Gasteiger partial charge >= 0.3 is 0 Å². The summed E-state index contributed by atoms with van der Waals surface area (Å²) in [6.07, 6.45) is 0. The molecule has 0 unspecified atom stereocenters. The first-order valence-electron chi connectivity index (χ1n) is 6.83. The van der Waals surface area contributed by atoms with Crippen molar-refractivity contribution in [1.82, 2.24) is 0 Å². The molecule has 0 aliphatic carbocycles. The average molecular weight is 310 g/mol. The van der Waals surface area contributed by atoms with Gasteiger partial charge in [-0.3, -0.25) is 0 Å². The van der Waals surface area contributed by atoms with Gasteiger partial charge in [0.2, 0.25) is 0 Å². The lowest BCUT2D eigenvalue weighted by atomic mass is 10.3. The van der Waals surface area contributed by atoms with Crippen molar-refractivity contribution in [3.63, 3.8) is 0 Å². The first-order valence-corrected chi connectivity index (χ1v) is 6.83. The molecule has 6 heteroatoms. The van der Waals surface area contributed by atoms with Gasteiger partial charge in [0.05, 0.1) is 0 Å². The van der Waals surface area contributed by atoms with E-state index in [4.69, 9.17) is 20.9 Å². The van der Waals surface area contributed by atoms with Crippen molar-refractivity contribution >= 4 is 5.69 Å². The predicted molar refractivity (Wildman–Crippen MR) is 82.9 cm³/mol. The molecule has 4 nitrogen and oxygen atoms in total. The highest BCUT2D eigenvalue weighted by Gasteiger charge is 2.03. The monoisotopic (exact) mass is 310 g/mol. The van der Waals surface area contributed by atoms with Crippen LogP contribution in [0, 0.1) is 11.6 Å². The van der Waals surface area contributed by atoms with Gasteiger partial charge in [0.25, 0.3) is 0 Å². The van der Waals surface area contributed by atoms with E-state index in [9.17, 15) is 8.78 Å². The molecule has 2 rings (SSSR count). The number of rotatable bonds is 5. The van der Waals surface area contributed by atoms with Crippen molar-refractivity contribution in [2.24, 2.45) is 5.73 Å². The second kappa shape index (κ2) is 9.57. The largest absolute Gasteiger partial charge is 0.490 e. The van der Waals surface area contributed by atoms with E-state index in [1.54, 1.807) is 18.2 Å². The minimum absolute atomic E-state index is 0.108. The molecule has 2 aromatic carbocycles. The normalized spacial score (nSPS) is 9.64. The van der Waals surface area contributed by atoms with Gasteiger partial charge in [-0.1, -0.05) is 13.0 Å². The standard InChI is InChI=1S/C14H13F2NO2.C2H7N/c15-10-2-1-3-12(8-10)18-6-7-19-14-5-4-11(17)9-13(14)16;1-2-3/h1-5,8-9H,6-7,17H2;2-3H2,1H3. The summed E-state index contributed by atoms with van der Waals surface area (Å²) < 4.78 is 36.7. The Morgan fingerprint density at radius 3 is 2.32 bits per heavy atom. The maximum absolute atomic E-state index is 13.4. The molecule has 0 aliphatic rings. The first-order chi connectivity index (χ1) is 10.6. The molecule has 0 atom stereocenters. The number of halogens is 2. The predicted octanol–water partition coefficient (Wildman–Crippen LogP) is 2.97. The molecule has 0 aliphatic heterocycles. The molecular formula is C16H20F2N2O2. The van der Waals surface area contributed by atoms with Crippen molar-refractivity contribution in [1.29, 1.82) is 0 Å².